The lowest BCUT2D eigenvalue weighted by Crippen LogP contribution is -2.45. The predicted molar refractivity (Wildman–Crippen MR) is 137 cm³/mol. The minimum atomic E-state index is -5.86. The first kappa shape index (κ1) is 33.6. The second-order valence-electron chi connectivity index (χ2n) is 9.46. The summed E-state index contributed by atoms with van der Waals surface area (Å²) in [5, 5.41) is 5.17. The zero-order valence-corrected chi connectivity index (χ0v) is 23.2. The summed E-state index contributed by atoms with van der Waals surface area (Å²) in [6.07, 6.45) is -17.4. The Hall–Kier alpha value is -4.26. The number of hydrogen-bond donors (Lipinski definition) is 3. The van der Waals surface area contributed by atoms with Gasteiger partial charge >= 0.3 is 30.5 Å². The van der Waals surface area contributed by atoms with Crippen molar-refractivity contribution in [1.82, 2.24) is 20.6 Å². The molecule has 0 spiro atoms. The number of halogens is 10. The highest BCUT2D eigenvalue weighted by atomic mass is 35.5. The van der Waals surface area contributed by atoms with E-state index in [1.165, 1.54) is 25.1 Å². The van der Waals surface area contributed by atoms with Gasteiger partial charge < -0.3 is 30.0 Å². The number of rotatable bonds is 6. The summed E-state index contributed by atoms with van der Waals surface area (Å²) in [5.74, 6) is -11.3. The summed E-state index contributed by atoms with van der Waals surface area (Å²) in [6.45, 7) is 0.410. The lowest BCUT2D eigenvalue weighted by atomic mass is 10.0. The Morgan fingerprint density at radius 2 is 1.56 bits per heavy atom. The van der Waals surface area contributed by atoms with Crippen LogP contribution in [0.1, 0.15) is 34.7 Å². The first-order chi connectivity index (χ1) is 20.8. The Kier molecular flexibility index (Phi) is 9.16. The Labute approximate surface area is 250 Å². The molecule has 0 unspecified atom stereocenters. The summed E-state index contributed by atoms with van der Waals surface area (Å²) >= 11 is 5.92. The molecule has 1 atom stereocenters. The molecular formula is C25H19ClF9N5O5. The monoisotopic (exact) mass is 675 g/mol. The fourth-order valence-electron chi connectivity index (χ4n) is 4.31. The summed E-state index contributed by atoms with van der Waals surface area (Å²) in [6, 6.07) is 3.32. The van der Waals surface area contributed by atoms with Crippen molar-refractivity contribution in [1.29, 1.82) is 0 Å². The molecule has 1 fully saturated rings. The zero-order chi connectivity index (χ0) is 33.5. The first-order valence-corrected chi connectivity index (χ1v) is 12.9. The van der Waals surface area contributed by atoms with E-state index in [4.69, 9.17) is 11.6 Å². The molecule has 0 radical (unpaired) electrons. The van der Waals surface area contributed by atoms with Crippen molar-refractivity contribution in [3.05, 3.63) is 46.2 Å². The average molecular weight is 676 g/mol. The Balaban J connectivity index is 1.92. The van der Waals surface area contributed by atoms with E-state index < -0.39 is 70.7 Å². The van der Waals surface area contributed by atoms with Gasteiger partial charge in [0.2, 0.25) is 0 Å². The number of fused-ring (bicyclic) bond motifs is 1. The number of esters is 2. The largest absolute Gasteiger partial charge is 0.491 e. The lowest BCUT2D eigenvalue weighted by molar-refractivity contribution is -0.190. The molecule has 2 aromatic carbocycles. The zero-order valence-electron chi connectivity index (χ0n) is 22.4. The molecule has 1 aliphatic rings. The fourth-order valence-corrected chi connectivity index (χ4v) is 4.48. The molecule has 0 aliphatic carbocycles. The maximum atomic E-state index is 14.6. The lowest BCUT2D eigenvalue weighted by Gasteiger charge is -2.34. The SMILES string of the molecule is C[C@H](NC(=O)c1cc(OC(=O)C(F)(F)F)c(N2CCNCC2)c(C(F)(F)F)c1OC(=O)C(F)(F)F)c1nc2ccc(Cl)cc2[nH]1. The molecule has 4 rings (SSSR count). The molecule has 1 saturated heterocycles. The topological polar surface area (TPSA) is 126 Å². The van der Waals surface area contributed by atoms with Crippen molar-refractivity contribution in [2.45, 2.75) is 31.5 Å². The van der Waals surface area contributed by atoms with Gasteiger partial charge in [-0.3, -0.25) is 4.79 Å². The van der Waals surface area contributed by atoms with Gasteiger partial charge in [-0.25, -0.2) is 14.6 Å². The second-order valence-corrected chi connectivity index (χ2v) is 9.90. The van der Waals surface area contributed by atoms with E-state index >= 15 is 0 Å². The molecule has 0 saturated carbocycles. The number of nitrogens with one attached hydrogen (secondary N) is 3. The van der Waals surface area contributed by atoms with Crippen molar-refractivity contribution in [3.63, 3.8) is 0 Å². The van der Waals surface area contributed by atoms with Crippen LogP contribution in [0.15, 0.2) is 24.3 Å². The van der Waals surface area contributed by atoms with Crippen LogP contribution in [-0.4, -0.2) is 66.3 Å². The number of benzene rings is 2. The smallest absolute Gasteiger partial charge is 0.418 e. The number of hydrogen-bond acceptors (Lipinski definition) is 8. The van der Waals surface area contributed by atoms with Gasteiger partial charge in [-0.15, -0.1) is 0 Å². The third-order valence-corrected chi connectivity index (χ3v) is 6.49. The third-order valence-electron chi connectivity index (χ3n) is 6.26. The van der Waals surface area contributed by atoms with Crippen LogP contribution in [0, 0.1) is 0 Å². The van der Waals surface area contributed by atoms with E-state index in [1.807, 2.05) is 0 Å². The van der Waals surface area contributed by atoms with E-state index in [9.17, 15) is 53.9 Å². The van der Waals surface area contributed by atoms with Crippen LogP contribution in [0.5, 0.6) is 11.5 Å². The van der Waals surface area contributed by atoms with Crippen LogP contribution in [0.3, 0.4) is 0 Å². The highest BCUT2D eigenvalue weighted by Crippen LogP contribution is 2.50. The first-order valence-electron chi connectivity index (χ1n) is 12.5. The molecular weight excluding hydrogens is 657 g/mol. The number of nitrogens with zero attached hydrogens (tertiary/aromatic N) is 2. The van der Waals surface area contributed by atoms with E-state index in [1.54, 1.807) is 0 Å². The van der Waals surface area contributed by atoms with Gasteiger partial charge in [0.15, 0.2) is 11.5 Å². The number of ether oxygens (including phenoxy) is 2. The van der Waals surface area contributed by atoms with Crippen molar-refractivity contribution in [2.24, 2.45) is 0 Å². The Morgan fingerprint density at radius 1 is 0.956 bits per heavy atom. The molecule has 244 valence electrons. The molecule has 20 heteroatoms. The number of H-pyrrole nitrogens is 1. The number of amides is 1. The van der Waals surface area contributed by atoms with Gasteiger partial charge in [0.1, 0.15) is 11.4 Å². The van der Waals surface area contributed by atoms with Gasteiger partial charge in [0.05, 0.1) is 28.3 Å². The maximum Gasteiger partial charge on any atom is 0.491 e. The number of carbonyl (C=O) groups is 3. The highest BCUT2D eigenvalue weighted by molar-refractivity contribution is 6.31. The quantitative estimate of drug-likeness (QED) is 0.188. The summed E-state index contributed by atoms with van der Waals surface area (Å²) in [5.41, 5.74) is -4.43. The maximum absolute atomic E-state index is 14.6. The van der Waals surface area contributed by atoms with Gasteiger partial charge in [-0.1, -0.05) is 11.6 Å². The van der Waals surface area contributed by atoms with Crippen LogP contribution in [0.4, 0.5) is 45.2 Å². The van der Waals surface area contributed by atoms with E-state index in [-0.39, 0.29) is 43.1 Å². The number of aromatic nitrogens is 2. The Morgan fingerprint density at radius 3 is 2.13 bits per heavy atom. The molecule has 3 aromatic rings. The normalized spacial score (nSPS) is 15.1. The molecule has 10 nitrogen and oxygen atoms in total. The van der Waals surface area contributed by atoms with Crippen molar-refractivity contribution >= 4 is 46.2 Å². The molecule has 1 aliphatic heterocycles. The standard InChI is InChI=1S/C25H19ClF9N5O5/c1-10(19-38-13-3-2-11(26)8-14(13)39-19)37-20(41)12-9-15(44-21(42)24(30,31)32)17(40-6-4-36-5-7-40)16(23(27,28)29)18(12)45-22(43)25(33,34)35/h2-3,8-10,36H,4-7H2,1H3,(H,37,41)(H,38,39)/t10-/m0/s1. The molecule has 0 bridgehead atoms. The second kappa shape index (κ2) is 12.3. The average Bonchev–Trinajstić information content (AvgIpc) is 3.35. The van der Waals surface area contributed by atoms with E-state index in [0.717, 1.165) is 4.90 Å². The number of alkyl halides is 9. The van der Waals surface area contributed by atoms with Crippen LogP contribution < -0.4 is 25.0 Å². The van der Waals surface area contributed by atoms with E-state index in [0.29, 0.717) is 11.0 Å². The van der Waals surface area contributed by atoms with Gasteiger partial charge in [0.25, 0.3) is 5.91 Å². The highest BCUT2D eigenvalue weighted by Gasteiger charge is 2.49. The number of piperazine rings is 1. The van der Waals surface area contributed by atoms with Crippen LogP contribution >= 0.6 is 11.6 Å². The van der Waals surface area contributed by atoms with Crippen LogP contribution in [0.2, 0.25) is 5.02 Å². The summed E-state index contributed by atoms with van der Waals surface area (Å²) < 4.78 is 131. The number of anilines is 1. The number of aromatic amines is 1. The minimum absolute atomic E-state index is 0.0216. The Bertz CT molecular complexity index is 1630. The molecule has 3 N–H and O–H groups in total. The van der Waals surface area contributed by atoms with Gasteiger partial charge in [-0.2, -0.15) is 39.5 Å². The summed E-state index contributed by atoms with van der Waals surface area (Å²) in [4.78, 5) is 44.6. The minimum Gasteiger partial charge on any atom is -0.418 e. The number of carbonyl (C=O) groups excluding carboxylic acids is 3. The van der Waals surface area contributed by atoms with Crippen molar-refractivity contribution < 1.29 is 63.4 Å². The molecule has 2 heterocycles. The number of imidazole rings is 1. The predicted octanol–water partition coefficient (Wildman–Crippen LogP) is 5.07. The van der Waals surface area contributed by atoms with Gasteiger partial charge in [-0.05, 0) is 31.2 Å². The van der Waals surface area contributed by atoms with Crippen molar-refractivity contribution in [2.75, 3.05) is 31.1 Å². The third kappa shape index (κ3) is 7.52. The van der Waals surface area contributed by atoms with E-state index in [2.05, 4.69) is 30.1 Å². The van der Waals surface area contributed by atoms with Gasteiger partial charge in [0, 0.05) is 31.2 Å². The van der Waals surface area contributed by atoms with Crippen LogP contribution in [-0.2, 0) is 15.8 Å². The molecule has 1 amide bonds. The van der Waals surface area contributed by atoms with Crippen molar-refractivity contribution in [3.8, 4) is 11.5 Å². The molecule has 45 heavy (non-hydrogen) atoms. The fraction of sp³-hybridized carbons (Fsp3) is 0.360. The van der Waals surface area contributed by atoms with Crippen LogP contribution in [0.25, 0.3) is 11.0 Å². The molecule has 1 aromatic heterocycles. The summed E-state index contributed by atoms with van der Waals surface area (Å²) in [7, 11) is 0.